The molecule has 2 heterocycles. The van der Waals surface area contributed by atoms with Crippen LogP contribution in [0.4, 0.5) is 13.2 Å². The Hall–Kier alpha value is -6.53. The van der Waals surface area contributed by atoms with Crippen LogP contribution >= 0.6 is 11.6 Å². The summed E-state index contributed by atoms with van der Waals surface area (Å²) in [5.41, 5.74) is -2.25. The van der Waals surface area contributed by atoms with Crippen LogP contribution in [0.25, 0.3) is 0 Å². The fraction of sp³-hybridized carbons (Fsp3) is 0.734. The summed E-state index contributed by atoms with van der Waals surface area (Å²) in [7, 11) is 8.55. The molecule has 22 nitrogen and oxygen atoms in total. The van der Waals surface area contributed by atoms with E-state index in [0.29, 0.717) is 31.2 Å². The highest BCUT2D eigenvalue weighted by molar-refractivity contribution is 6.31. The van der Waals surface area contributed by atoms with Crippen molar-refractivity contribution in [1.82, 2.24) is 55.6 Å². The molecule has 0 aromatic heterocycles. The molecule has 1 unspecified atom stereocenters. The second-order valence-electron chi connectivity index (χ2n) is 26.6. The average Bonchev–Trinajstić information content (AvgIpc) is 1.54. The number of nitrogens with zero attached hydrogens (tertiary/aromatic N) is 7. The van der Waals surface area contributed by atoms with E-state index in [1.54, 1.807) is 27.7 Å². The molecule has 4 fully saturated rings. The second-order valence-corrected chi connectivity index (χ2v) is 27.0. The van der Waals surface area contributed by atoms with Gasteiger partial charge in [0.15, 0.2) is 0 Å². The summed E-state index contributed by atoms with van der Waals surface area (Å²) >= 11 is 6.11. The van der Waals surface area contributed by atoms with Crippen LogP contribution in [0.15, 0.2) is 18.2 Å². The first-order chi connectivity index (χ1) is 42.1. The van der Waals surface area contributed by atoms with Gasteiger partial charge in [0.05, 0.1) is 30.2 Å². The molecule has 2 saturated carbocycles. The van der Waals surface area contributed by atoms with E-state index in [9.17, 15) is 65.9 Å². The highest BCUT2D eigenvalue weighted by atomic mass is 35.5. The van der Waals surface area contributed by atoms with E-state index in [1.165, 1.54) is 68.0 Å². The third kappa shape index (κ3) is 19.3. The molecule has 0 radical (unpaired) electrons. The van der Waals surface area contributed by atoms with Crippen molar-refractivity contribution < 1.29 is 65.9 Å². The van der Waals surface area contributed by atoms with Gasteiger partial charge in [0.25, 0.3) is 0 Å². The number of likely N-dealkylation sites (N-methyl/N-ethyl adjacent to an activating group) is 6. The van der Waals surface area contributed by atoms with Crippen LogP contribution in [0, 0.1) is 23.7 Å². The van der Waals surface area contributed by atoms with Gasteiger partial charge in [-0.15, -0.1) is 0 Å². The van der Waals surface area contributed by atoms with Crippen LogP contribution in [-0.2, 0) is 65.3 Å². The Kier molecular flexibility index (Phi) is 26.9. The van der Waals surface area contributed by atoms with E-state index in [-0.39, 0.29) is 69.7 Å². The molecule has 8 atom stereocenters. The minimum absolute atomic E-state index is 0.0339. The minimum atomic E-state index is -4.74. The average molecular weight is 1290 g/mol. The third-order valence-corrected chi connectivity index (χ3v) is 18.9. The first kappa shape index (κ1) is 74.2. The Morgan fingerprint density at radius 1 is 0.656 bits per heavy atom. The van der Waals surface area contributed by atoms with Crippen molar-refractivity contribution in [2.45, 2.75) is 212 Å². The van der Waals surface area contributed by atoms with Gasteiger partial charge in [0, 0.05) is 61.3 Å². The number of carbonyl (C=O) groups excluding carboxylic acids is 11. The van der Waals surface area contributed by atoms with E-state index >= 15 is 0 Å². The van der Waals surface area contributed by atoms with Gasteiger partial charge in [-0.05, 0) is 99.7 Å². The third-order valence-electron chi connectivity index (χ3n) is 18.6. The Bertz CT molecular complexity index is 2760. The van der Waals surface area contributed by atoms with Gasteiger partial charge in [0.1, 0.15) is 41.8 Å². The first-order valence-electron chi connectivity index (χ1n) is 32.0. The number of halogens is 4. The Labute approximate surface area is 534 Å². The number of rotatable bonds is 10. The van der Waals surface area contributed by atoms with Gasteiger partial charge in [-0.3, -0.25) is 52.7 Å². The van der Waals surface area contributed by atoms with Gasteiger partial charge < -0.3 is 55.6 Å². The number of nitrogens with one attached hydrogen (secondary N) is 4. The van der Waals surface area contributed by atoms with Crippen LogP contribution in [0.3, 0.4) is 0 Å². The van der Waals surface area contributed by atoms with E-state index in [1.807, 2.05) is 20.8 Å². The molecule has 504 valence electrons. The highest BCUT2D eigenvalue weighted by Crippen LogP contribution is 2.37. The topological polar surface area (TPSA) is 259 Å². The molecule has 5 rings (SSSR count). The largest absolute Gasteiger partial charge is 0.417 e. The molecule has 2 aliphatic carbocycles. The van der Waals surface area contributed by atoms with E-state index in [4.69, 9.17) is 11.6 Å². The molecule has 1 aromatic rings. The number of amides is 11. The maximum atomic E-state index is 15.0. The smallest absolute Gasteiger partial charge is 0.351 e. The van der Waals surface area contributed by atoms with Gasteiger partial charge in [-0.2, -0.15) is 13.2 Å². The Morgan fingerprint density at radius 2 is 1.27 bits per heavy atom. The monoisotopic (exact) mass is 1290 g/mol. The summed E-state index contributed by atoms with van der Waals surface area (Å²) in [5, 5.41) is 11.0. The number of benzene rings is 1. The van der Waals surface area contributed by atoms with Crippen molar-refractivity contribution in [3.8, 4) is 0 Å². The van der Waals surface area contributed by atoms with Crippen molar-refractivity contribution in [2.24, 2.45) is 23.7 Å². The second kappa shape index (κ2) is 32.7. The quantitative estimate of drug-likeness (QED) is 0.238. The summed E-state index contributed by atoms with van der Waals surface area (Å²) in [6, 6.07) is -4.59. The fourth-order valence-corrected chi connectivity index (χ4v) is 13.4. The number of fused-ring (bicyclic) bond motifs is 1. The van der Waals surface area contributed by atoms with Gasteiger partial charge in [0.2, 0.25) is 65.0 Å². The standard InChI is InChI=1S/C64H99ClF3N11O11/c1-14-40(6)54-61(89)75(10)36-52(82)73(8)37-53(83)77(12)49(34-42-21-16-15-17-22-42)60(88)74(9)35-50(80)70-46(27-25-43-24-26-44(45(65)33-43)64(66,67)68)59(87)79-30-20-23-47(79)57(85)72-63(28-18-19-29-63)62(90)78(13)55(39(4)5)58(86)69-41(7)32-51(81)76(11)48(31-38(2)3)56(84)71-54/h24,26,33,38-42,46-49,54-55H,14-23,25,27-32,34-37H2,1-13H3,(H,69,86)(H,70,80)(H,71,84)(H,72,85)/t40?,41-,46+,47+,48+,49+,54+,55+/m1/s1. The van der Waals surface area contributed by atoms with Crippen molar-refractivity contribution in [2.75, 3.05) is 68.5 Å². The number of aryl methyl sites for hydroxylation is 1. The van der Waals surface area contributed by atoms with Crippen molar-refractivity contribution in [3.05, 3.63) is 34.3 Å². The van der Waals surface area contributed by atoms with E-state index in [2.05, 4.69) is 21.3 Å². The lowest BCUT2D eigenvalue weighted by Crippen LogP contribution is -2.64. The predicted molar refractivity (Wildman–Crippen MR) is 332 cm³/mol. The van der Waals surface area contributed by atoms with Gasteiger partial charge in [-0.25, -0.2) is 0 Å². The summed E-state index contributed by atoms with van der Waals surface area (Å²) in [6.45, 7) is 11.0. The van der Waals surface area contributed by atoms with Crippen molar-refractivity contribution >= 4 is 76.6 Å². The molecule has 1 aromatic carbocycles. The first-order valence-corrected chi connectivity index (χ1v) is 32.4. The molecular weight excluding hydrogens is 1190 g/mol. The fourth-order valence-electron chi connectivity index (χ4n) is 13.0. The zero-order valence-electron chi connectivity index (χ0n) is 55.1. The summed E-state index contributed by atoms with van der Waals surface area (Å²) in [6.07, 6.45) is 2.06. The predicted octanol–water partition coefficient (Wildman–Crippen LogP) is 5.16. The molecule has 2 saturated heterocycles. The minimum Gasteiger partial charge on any atom is -0.351 e. The zero-order valence-corrected chi connectivity index (χ0v) is 55.8. The lowest BCUT2D eigenvalue weighted by atomic mass is 9.84. The summed E-state index contributed by atoms with van der Waals surface area (Å²) in [5.74, 6) is -7.81. The maximum Gasteiger partial charge on any atom is 0.417 e. The normalized spacial score (nSPS) is 26.3. The molecule has 11 amide bonds. The number of alkyl halides is 3. The number of carbonyl (C=O) groups is 11. The number of hydrogen-bond donors (Lipinski definition) is 4. The summed E-state index contributed by atoms with van der Waals surface area (Å²) < 4.78 is 41.3. The van der Waals surface area contributed by atoms with Crippen LogP contribution in [0.1, 0.15) is 162 Å². The van der Waals surface area contributed by atoms with Crippen LogP contribution in [-0.4, -0.2) is 216 Å². The molecule has 26 heteroatoms. The Balaban J connectivity index is 1.54. The van der Waals surface area contributed by atoms with Crippen molar-refractivity contribution in [1.29, 1.82) is 0 Å². The number of hydrogen-bond acceptors (Lipinski definition) is 11. The zero-order chi connectivity index (χ0) is 67.3. The SMILES string of the molecule is CCC(C)[C@@H]1NC(=O)[C@H](CC(C)C)N(C)C(=O)C[C@@H](C)NC(=O)[C@H](C(C)C)N(C)C(=O)C2(CCCC2)NC(=O)[C@@H]2CCCN2C(=O)[C@H](CCc2ccc(C(F)(F)F)c(Cl)c2)NC(=O)CN(C)C(=O)[C@H](CC2CCCCC2)N(C)C(=O)CN(C)C(=O)CN(C)C1=O. The highest BCUT2D eigenvalue weighted by Gasteiger charge is 2.50. The van der Waals surface area contributed by atoms with Crippen molar-refractivity contribution in [3.63, 3.8) is 0 Å². The maximum absolute atomic E-state index is 15.0. The van der Waals surface area contributed by atoms with Gasteiger partial charge >= 0.3 is 6.18 Å². The van der Waals surface area contributed by atoms with Crippen LogP contribution in [0.5, 0.6) is 0 Å². The van der Waals surface area contributed by atoms with E-state index in [0.717, 1.165) is 58.9 Å². The lowest BCUT2D eigenvalue weighted by molar-refractivity contribution is -0.149. The summed E-state index contributed by atoms with van der Waals surface area (Å²) in [4.78, 5) is 168. The van der Waals surface area contributed by atoms with Crippen LogP contribution in [0.2, 0.25) is 5.02 Å². The molecule has 2 aliphatic heterocycles. The molecular formula is C64H99ClF3N11O11. The van der Waals surface area contributed by atoms with Crippen LogP contribution < -0.4 is 21.3 Å². The Morgan fingerprint density at radius 3 is 1.86 bits per heavy atom. The van der Waals surface area contributed by atoms with E-state index < -0.39 is 161 Å². The van der Waals surface area contributed by atoms with Gasteiger partial charge in [-0.1, -0.05) is 111 Å². The molecule has 0 bridgehead atoms. The lowest BCUT2D eigenvalue weighted by Gasteiger charge is -2.39. The molecule has 1 spiro atoms. The molecule has 4 N–H and O–H groups in total. The molecule has 90 heavy (non-hydrogen) atoms. The molecule has 4 aliphatic rings.